The van der Waals surface area contributed by atoms with Crippen molar-refractivity contribution in [3.63, 3.8) is 0 Å². The molecular formula is C27H51O3P. The summed E-state index contributed by atoms with van der Waals surface area (Å²) in [5.74, 6) is 1.20. The van der Waals surface area contributed by atoms with Crippen molar-refractivity contribution in [2.45, 2.75) is 112 Å². The van der Waals surface area contributed by atoms with Crippen LogP contribution >= 0.6 is 7.28 Å². The van der Waals surface area contributed by atoms with E-state index in [2.05, 4.69) is 61.5 Å². The minimum absolute atomic E-state index is 0.135. The van der Waals surface area contributed by atoms with E-state index in [0.29, 0.717) is 18.1 Å². The molecule has 31 heavy (non-hydrogen) atoms. The first-order valence-electron chi connectivity index (χ1n) is 12.7. The number of hydrogen-bond donors (Lipinski definition) is 2. The maximum absolute atomic E-state index is 12.1. The summed E-state index contributed by atoms with van der Waals surface area (Å²) < 4.78 is 6.47. The Hall–Kier alpha value is -0.630. The third kappa shape index (κ3) is 9.40. The second-order valence-corrected chi connectivity index (χ2v) is 14.4. The fourth-order valence-electron chi connectivity index (χ4n) is 4.56. The van der Waals surface area contributed by atoms with Crippen molar-refractivity contribution in [1.82, 2.24) is 0 Å². The molecule has 3 nitrogen and oxygen atoms in total. The van der Waals surface area contributed by atoms with Crippen LogP contribution in [0.2, 0.25) is 0 Å². The van der Waals surface area contributed by atoms with E-state index in [1.807, 2.05) is 12.1 Å². The van der Waals surface area contributed by atoms with Crippen molar-refractivity contribution < 1.29 is 14.3 Å². The van der Waals surface area contributed by atoms with Crippen LogP contribution in [0.25, 0.3) is 0 Å². The Morgan fingerprint density at radius 1 is 0.871 bits per heavy atom. The Morgan fingerprint density at radius 3 is 1.74 bits per heavy atom. The van der Waals surface area contributed by atoms with Crippen LogP contribution < -0.4 is 4.52 Å². The van der Waals surface area contributed by atoms with E-state index in [0.717, 1.165) is 62.5 Å². The summed E-state index contributed by atoms with van der Waals surface area (Å²) >= 11 is 0. The van der Waals surface area contributed by atoms with E-state index in [4.69, 9.17) is 4.52 Å². The van der Waals surface area contributed by atoms with E-state index in [9.17, 15) is 9.79 Å². The molecule has 0 fully saturated rings. The Labute approximate surface area is 193 Å². The fourth-order valence-corrected chi connectivity index (χ4v) is 8.43. The Morgan fingerprint density at radius 2 is 1.35 bits per heavy atom. The Kier molecular flexibility index (Phi) is 11.0. The van der Waals surface area contributed by atoms with Gasteiger partial charge in [0.1, 0.15) is 0 Å². The van der Waals surface area contributed by atoms with Gasteiger partial charge in [-0.25, -0.2) is 0 Å². The predicted octanol–water partition coefficient (Wildman–Crippen LogP) is 8.39. The van der Waals surface area contributed by atoms with Gasteiger partial charge >= 0.3 is 193 Å². The molecule has 0 aliphatic rings. The van der Waals surface area contributed by atoms with Gasteiger partial charge in [0.2, 0.25) is 0 Å². The van der Waals surface area contributed by atoms with Gasteiger partial charge in [-0.15, -0.1) is 0 Å². The minimum atomic E-state index is -4.39. The Bertz CT molecular complexity index is 641. The number of aryl methyl sites for hydroxylation is 1. The average molecular weight is 455 g/mol. The number of hydrogen-bond acceptors (Lipinski definition) is 3. The van der Waals surface area contributed by atoms with E-state index in [1.54, 1.807) is 0 Å². The Balaban J connectivity index is 3.38. The van der Waals surface area contributed by atoms with Gasteiger partial charge in [0.25, 0.3) is 0 Å². The van der Waals surface area contributed by atoms with Gasteiger partial charge in [-0.05, 0) is 0 Å². The van der Waals surface area contributed by atoms with Crippen LogP contribution in [0.3, 0.4) is 0 Å². The number of benzene rings is 1. The molecule has 0 saturated carbocycles. The normalized spacial score (nSPS) is 15.9. The van der Waals surface area contributed by atoms with Gasteiger partial charge < -0.3 is 0 Å². The van der Waals surface area contributed by atoms with Gasteiger partial charge in [0.15, 0.2) is 0 Å². The van der Waals surface area contributed by atoms with Crippen LogP contribution in [-0.4, -0.2) is 22.1 Å². The molecule has 0 aliphatic carbocycles. The molecule has 2 N–H and O–H groups in total. The van der Waals surface area contributed by atoms with Crippen molar-refractivity contribution in [3.05, 3.63) is 29.3 Å². The molecule has 4 heteroatoms. The zero-order valence-electron chi connectivity index (χ0n) is 21.7. The molecule has 0 radical (unpaired) electrons. The summed E-state index contributed by atoms with van der Waals surface area (Å²) in [5.41, 5.74) is 2.08. The molecular weight excluding hydrogens is 403 g/mol. The summed E-state index contributed by atoms with van der Waals surface area (Å²) in [4.78, 5) is 24.1. The van der Waals surface area contributed by atoms with E-state index in [-0.39, 0.29) is 17.3 Å². The van der Waals surface area contributed by atoms with Crippen LogP contribution in [0.1, 0.15) is 111 Å². The SMILES string of the molecule is CCCCC(CC)CP(O)(O)(CC(CC)CCCC)Oc1ccc(C)cc1C(C)(C)C. The summed E-state index contributed by atoms with van der Waals surface area (Å²) in [6.07, 6.45) is 9.22. The maximum atomic E-state index is 12.1. The summed E-state index contributed by atoms with van der Waals surface area (Å²) in [7, 11) is -4.39. The monoisotopic (exact) mass is 454 g/mol. The first-order valence-corrected chi connectivity index (χ1v) is 15.1. The van der Waals surface area contributed by atoms with Gasteiger partial charge in [-0.3, -0.25) is 0 Å². The van der Waals surface area contributed by atoms with Crippen LogP contribution in [-0.2, 0) is 5.41 Å². The fraction of sp³-hybridized carbons (Fsp3) is 0.778. The van der Waals surface area contributed by atoms with Crippen LogP contribution in [0, 0.1) is 18.8 Å². The summed E-state index contributed by atoms with van der Waals surface area (Å²) in [6.45, 7) is 17.3. The van der Waals surface area contributed by atoms with Crippen molar-refractivity contribution >= 4 is 7.28 Å². The third-order valence-electron chi connectivity index (χ3n) is 6.59. The number of unbranched alkanes of at least 4 members (excludes halogenated alkanes) is 2. The van der Waals surface area contributed by atoms with Crippen molar-refractivity contribution in [2.24, 2.45) is 11.8 Å². The van der Waals surface area contributed by atoms with E-state index < -0.39 is 7.28 Å². The van der Waals surface area contributed by atoms with Gasteiger partial charge in [-0.1, -0.05) is 0 Å². The second-order valence-electron chi connectivity index (χ2n) is 10.8. The molecule has 1 aromatic rings. The summed E-state index contributed by atoms with van der Waals surface area (Å²) in [6, 6.07) is 6.10. The molecule has 1 rings (SSSR count). The molecule has 0 aromatic heterocycles. The molecule has 0 spiro atoms. The van der Waals surface area contributed by atoms with E-state index >= 15 is 0 Å². The standard InChI is InChI=1S/C27H51O3P/c1-9-13-15-23(11-3)20-31(28,29,21-24(12-4)16-14-10-2)30-26-18-17-22(5)19-25(26)27(6,7)8/h17-19,23-24,28-29H,9-16,20-21H2,1-8H3. The molecule has 182 valence electrons. The average Bonchev–Trinajstić information content (AvgIpc) is 2.69. The molecule has 0 amide bonds. The predicted molar refractivity (Wildman–Crippen MR) is 138 cm³/mol. The van der Waals surface area contributed by atoms with Crippen LogP contribution in [0.4, 0.5) is 0 Å². The van der Waals surface area contributed by atoms with Crippen molar-refractivity contribution in [3.8, 4) is 5.75 Å². The van der Waals surface area contributed by atoms with Gasteiger partial charge in [0, 0.05) is 0 Å². The molecule has 1 aromatic carbocycles. The van der Waals surface area contributed by atoms with Gasteiger partial charge in [-0.2, -0.15) is 0 Å². The first-order chi connectivity index (χ1) is 14.4. The molecule has 0 aliphatic heterocycles. The van der Waals surface area contributed by atoms with Crippen molar-refractivity contribution in [2.75, 3.05) is 12.3 Å². The first kappa shape index (κ1) is 28.4. The molecule has 2 atom stereocenters. The van der Waals surface area contributed by atoms with Crippen LogP contribution in [0.15, 0.2) is 18.2 Å². The zero-order valence-corrected chi connectivity index (χ0v) is 22.6. The molecule has 0 heterocycles. The van der Waals surface area contributed by atoms with Gasteiger partial charge in [0.05, 0.1) is 0 Å². The number of rotatable bonds is 14. The quantitative estimate of drug-likeness (QED) is 0.277. The molecule has 2 unspecified atom stereocenters. The van der Waals surface area contributed by atoms with Crippen molar-refractivity contribution in [1.29, 1.82) is 0 Å². The summed E-state index contributed by atoms with van der Waals surface area (Å²) in [5, 5.41) is 0. The molecule has 0 bridgehead atoms. The molecule has 0 saturated heterocycles. The topological polar surface area (TPSA) is 49.7 Å². The third-order valence-corrected chi connectivity index (χ3v) is 9.71. The zero-order chi connectivity index (χ0) is 23.7. The van der Waals surface area contributed by atoms with Crippen LogP contribution in [0.5, 0.6) is 5.75 Å². The second kappa shape index (κ2) is 12.0. The van der Waals surface area contributed by atoms with E-state index in [1.165, 1.54) is 0 Å².